The van der Waals surface area contributed by atoms with Crippen molar-refractivity contribution in [3.63, 3.8) is 0 Å². The van der Waals surface area contributed by atoms with E-state index in [-0.39, 0.29) is 42.5 Å². The van der Waals surface area contributed by atoms with Crippen molar-refractivity contribution in [2.45, 2.75) is 44.2 Å². The molecule has 1 atom stereocenters. The number of piperidine rings is 1. The van der Waals surface area contributed by atoms with Gasteiger partial charge in [0.15, 0.2) is 5.65 Å². The molecule has 1 N–H and O–H groups in total. The van der Waals surface area contributed by atoms with Crippen molar-refractivity contribution < 1.29 is 26.3 Å². The average molecular weight is 456 g/mol. The molecular weight excluding hydrogens is 438 g/mol. The van der Waals surface area contributed by atoms with E-state index in [1.54, 1.807) is 12.1 Å². The number of rotatable bonds is 4. The molecule has 0 radical (unpaired) electrons. The van der Waals surface area contributed by atoms with Gasteiger partial charge >= 0.3 is 12.4 Å². The van der Waals surface area contributed by atoms with E-state index in [1.165, 1.54) is 18.3 Å². The van der Waals surface area contributed by atoms with Crippen LogP contribution in [0.1, 0.15) is 30.5 Å². The van der Waals surface area contributed by atoms with Crippen molar-refractivity contribution in [2.75, 3.05) is 16.8 Å². The Labute approximate surface area is 178 Å². The molecule has 0 aliphatic carbocycles. The Bertz CT molecular complexity index is 1100. The van der Waals surface area contributed by atoms with Gasteiger partial charge in [0.2, 0.25) is 5.95 Å². The Morgan fingerprint density at radius 3 is 2.47 bits per heavy atom. The predicted octanol–water partition coefficient (Wildman–Crippen LogP) is 4.97. The fourth-order valence-electron chi connectivity index (χ4n) is 3.74. The highest BCUT2D eigenvalue weighted by Gasteiger charge is 2.45. The number of nitrogens with one attached hydrogen (secondary N) is 1. The Morgan fingerprint density at radius 1 is 0.969 bits per heavy atom. The molecule has 0 saturated carbocycles. The van der Waals surface area contributed by atoms with Crippen molar-refractivity contribution in [1.29, 1.82) is 0 Å². The highest BCUT2D eigenvalue weighted by atomic mass is 19.4. The van der Waals surface area contributed by atoms with E-state index < -0.39 is 24.1 Å². The van der Waals surface area contributed by atoms with Crippen LogP contribution < -0.4 is 10.2 Å². The zero-order valence-electron chi connectivity index (χ0n) is 16.6. The van der Waals surface area contributed by atoms with Crippen LogP contribution in [0.4, 0.5) is 38.1 Å². The summed E-state index contributed by atoms with van der Waals surface area (Å²) in [7, 11) is 0. The summed E-state index contributed by atoms with van der Waals surface area (Å²) in [4.78, 5) is 17.1. The molecule has 1 aliphatic heterocycles. The second kappa shape index (κ2) is 8.40. The number of alkyl halides is 6. The molecule has 12 heteroatoms. The van der Waals surface area contributed by atoms with Crippen LogP contribution in [0.5, 0.6) is 0 Å². The molecule has 6 nitrogen and oxygen atoms in total. The molecule has 0 bridgehead atoms. The first-order valence-electron chi connectivity index (χ1n) is 9.85. The molecular formula is C20H18F6N6. The van der Waals surface area contributed by atoms with Crippen molar-refractivity contribution >= 4 is 22.8 Å². The molecule has 0 amide bonds. The Hall–Kier alpha value is -3.18. The van der Waals surface area contributed by atoms with Gasteiger partial charge in [-0.05, 0) is 37.5 Å². The number of hydrogen-bond acceptors (Lipinski definition) is 6. The Kier molecular flexibility index (Phi) is 5.78. The summed E-state index contributed by atoms with van der Waals surface area (Å²) in [5.74, 6) is -0.0652. The highest BCUT2D eigenvalue weighted by Crippen LogP contribution is 2.35. The van der Waals surface area contributed by atoms with E-state index in [0.717, 1.165) is 11.1 Å². The number of aromatic nitrogens is 4. The summed E-state index contributed by atoms with van der Waals surface area (Å²) in [6, 6.07) is 4.09. The van der Waals surface area contributed by atoms with Gasteiger partial charge in [0.1, 0.15) is 17.6 Å². The number of fused-ring (bicyclic) bond motifs is 1. The maximum Gasteiger partial charge on any atom is 0.433 e. The number of anilines is 2. The molecule has 1 saturated heterocycles. The molecule has 32 heavy (non-hydrogen) atoms. The molecule has 1 unspecified atom stereocenters. The van der Waals surface area contributed by atoms with Crippen molar-refractivity contribution in [2.24, 2.45) is 0 Å². The van der Waals surface area contributed by atoms with Gasteiger partial charge in [-0.25, -0.2) is 4.98 Å². The number of halogens is 6. The monoisotopic (exact) mass is 456 g/mol. The molecule has 1 aliphatic rings. The first-order chi connectivity index (χ1) is 15.1. The van der Waals surface area contributed by atoms with Gasteiger partial charge in [0, 0.05) is 31.0 Å². The summed E-state index contributed by atoms with van der Waals surface area (Å²) in [5.41, 5.74) is -1.02. The maximum atomic E-state index is 13.6. The highest BCUT2D eigenvalue weighted by molar-refractivity contribution is 5.87. The summed E-state index contributed by atoms with van der Waals surface area (Å²) >= 11 is 0. The third-order valence-corrected chi connectivity index (χ3v) is 5.20. The number of nitrogens with zero attached hydrogens (tertiary/aromatic N) is 5. The van der Waals surface area contributed by atoms with Crippen LogP contribution in [0.3, 0.4) is 0 Å². The summed E-state index contributed by atoms with van der Waals surface area (Å²) in [6.45, 7) is -0.172. The Balaban J connectivity index is 1.71. The molecule has 0 spiro atoms. The first-order valence-corrected chi connectivity index (χ1v) is 9.85. The third-order valence-electron chi connectivity index (χ3n) is 5.20. The van der Waals surface area contributed by atoms with Gasteiger partial charge in [0.05, 0.1) is 5.39 Å². The minimum Gasteiger partial charge on any atom is -0.365 e. The van der Waals surface area contributed by atoms with Gasteiger partial charge in [0.25, 0.3) is 0 Å². The molecule has 3 aromatic heterocycles. The van der Waals surface area contributed by atoms with E-state index in [9.17, 15) is 26.3 Å². The lowest BCUT2D eigenvalue weighted by Gasteiger charge is -2.36. The van der Waals surface area contributed by atoms with Crippen LogP contribution >= 0.6 is 0 Å². The van der Waals surface area contributed by atoms with Crippen LogP contribution in [0.15, 0.2) is 36.7 Å². The second-order valence-electron chi connectivity index (χ2n) is 7.36. The van der Waals surface area contributed by atoms with Crippen LogP contribution in [0.2, 0.25) is 0 Å². The standard InChI is InChI=1S/C20H18F6N6/c21-19(22,23)14-7-1-2-10-32(14)18-30-16-13(6-4-9-28-16)17(31-18)29-11-12-5-3-8-27-15(12)20(24,25)26/h3-6,8-9,14H,1-2,7,10-11H2,(H,28,29,30,31). The van der Waals surface area contributed by atoms with Gasteiger partial charge in [-0.15, -0.1) is 0 Å². The van der Waals surface area contributed by atoms with Crippen LogP contribution in [0, 0.1) is 0 Å². The zero-order valence-corrected chi connectivity index (χ0v) is 16.6. The number of pyridine rings is 2. The maximum absolute atomic E-state index is 13.6. The topological polar surface area (TPSA) is 66.8 Å². The summed E-state index contributed by atoms with van der Waals surface area (Å²) in [5, 5.41) is 3.19. The fraction of sp³-hybridized carbons (Fsp3) is 0.400. The molecule has 3 aromatic rings. The smallest absolute Gasteiger partial charge is 0.365 e. The largest absolute Gasteiger partial charge is 0.433 e. The molecule has 4 rings (SSSR count). The molecule has 170 valence electrons. The molecule has 1 fully saturated rings. The van der Waals surface area contributed by atoms with Crippen LogP contribution in [-0.2, 0) is 12.7 Å². The molecule has 0 aromatic carbocycles. The van der Waals surface area contributed by atoms with E-state index in [1.807, 2.05) is 0 Å². The second-order valence-corrected chi connectivity index (χ2v) is 7.36. The minimum absolute atomic E-state index is 0.0828. The predicted molar refractivity (Wildman–Crippen MR) is 105 cm³/mol. The third kappa shape index (κ3) is 4.53. The zero-order chi connectivity index (χ0) is 22.9. The molecule has 4 heterocycles. The lowest BCUT2D eigenvalue weighted by atomic mass is 10.0. The lowest BCUT2D eigenvalue weighted by Crippen LogP contribution is -2.49. The van der Waals surface area contributed by atoms with E-state index >= 15 is 0 Å². The normalized spacial score (nSPS) is 17.6. The first kappa shape index (κ1) is 22.0. The lowest BCUT2D eigenvalue weighted by molar-refractivity contribution is -0.152. The minimum atomic E-state index is -4.65. The van der Waals surface area contributed by atoms with Gasteiger partial charge in [-0.1, -0.05) is 6.07 Å². The average Bonchev–Trinajstić information content (AvgIpc) is 2.76. The number of hydrogen-bond donors (Lipinski definition) is 1. The van der Waals surface area contributed by atoms with E-state index in [4.69, 9.17) is 0 Å². The Morgan fingerprint density at radius 2 is 1.72 bits per heavy atom. The van der Waals surface area contributed by atoms with Gasteiger partial charge < -0.3 is 10.2 Å². The van der Waals surface area contributed by atoms with Gasteiger partial charge in [-0.2, -0.15) is 36.3 Å². The van der Waals surface area contributed by atoms with Crippen molar-refractivity contribution in [3.05, 3.63) is 47.9 Å². The summed E-state index contributed by atoms with van der Waals surface area (Å²) in [6.07, 6.45) is -5.74. The van der Waals surface area contributed by atoms with Gasteiger partial charge in [-0.3, -0.25) is 4.98 Å². The van der Waals surface area contributed by atoms with Crippen molar-refractivity contribution in [3.8, 4) is 0 Å². The SMILES string of the molecule is FC(F)(F)c1ncccc1CNc1nc(N2CCCCC2C(F)(F)F)nc2ncccc12. The fourth-order valence-corrected chi connectivity index (χ4v) is 3.74. The quantitative estimate of drug-likeness (QED) is 0.559. The van der Waals surface area contributed by atoms with E-state index in [0.29, 0.717) is 18.2 Å². The van der Waals surface area contributed by atoms with Crippen LogP contribution in [-0.4, -0.2) is 38.7 Å². The van der Waals surface area contributed by atoms with Crippen molar-refractivity contribution in [1.82, 2.24) is 19.9 Å². The summed E-state index contributed by atoms with van der Waals surface area (Å²) < 4.78 is 80.5. The van der Waals surface area contributed by atoms with Crippen LogP contribution in [0.25, 0.3) is 11.0 Å². The van der Waals surface area contributed by atoms with E-state index in [2.05, 4.69) is 25.3 Å².